The summed E-state index contributed by atoms with van der Waals surface area (Å²) in [6, 6.07) is 13.9. The molecule has 6 nitrogen and oxygen atoms in total. The molecular formula is C25H28N2O4. The van der Waals surface area contributed by atoms with Gasteiger partial charge in [0.25, 0.3) is 5.91 Å². The molecule has 0 spiro atoms. The van der Waals surface area contributed by atoms with Gasteiger partial charge in [0.1, 0.15) is 17.1 Å². The molecule has 1 N–H and O–H groups in total. The van der Waals surface area contributed by atoms with E-state index in [9.17, 15) is 4.79 Å². The number of fused-ring (bicyclic) bond motifs is 5. The Labute approximate surface area is 182 Å². The van der Waals surface area contributed by atoms with Crippen LogP contribution in [0.1, 0.15) is 15.9 Å². The van der Waals surface area contributed by atoms with Crippen molar-refractivity contribution in [3.05, 3.63) is 65.7 Å². The first-order valence-corrected chi connectivity index (χ1v) is 10.7. The fraction of sp³-hybridized carbons (Fsp3) is 0.400. The molecule has 0 aliphatic carbocycles. The van der Waals surface area contributed by atoms with Crippen LogP contribution in [-0.2, 0) is 4.74 Å². The molecule has 5 rings (SSSR count). The summed E-state index contributed by atoms with van der Waals surface area (Å²) in [5.41, 5.74) is 2.57. The number of aryl methyl sites for hydroxylation is 1. The quantitative estimate of drug-likeness (QED) is 0.728. The van der Waals surface area contributed by atoms with E-state index in [4.69, 9.17) is 14.2 Å². The van der Waals surface area contributed by atoms with Crippen molar-refractivity contribution in [1.29, 1.82) is 0 Å². The Morgan fingerprint density at radius 1 is 1.13 bits per heavy atom. The lowest BCUT2D eigenvalue weighted by atomic mass is 9.77. The number of nitrogens with one attached hydrogen (secondary N) is 1. The molecule has 2 fully saturated rings. The predicted molar refractivity (Wildman–Crippen MR) is 119 cm³/mol. The van der Waals surface area contributed by atoms with Gasteiger partial charge in [0.05, 0.1) is 26.9 Å². The van der Waals surface area contributed by atoms with E-state index in [2.05, 4.69) is 53.6 Å². The minimum absolute atomic E-state index is 0.120. The highest BCUT2D eigenvalue weighted by molar-refractivity contribution is 5.95. The topological polar surface area (TPSA) is 60.0 Å². The molecule has 2 aromatic rings. The van der Waals surface area contributed by atoms with Gasteiger partial charge in [-0.05, 0) is 31.2 Å². The molecule has 2 saturated heterocycles. The molecule has 2 aromatic carbocycles. The lowest BCUT2D eigenvalue weighted by Crippen LogP contribution is -2.47. The van der Waals surface area contributed by atoms with Crippen molar-refractivity contribution < 1.29 is 19.0 Å². The summed E-state index contributed by atoms with van der Waals surface area (Å²) in [4.78, 5) is 15.4. The monoisotopic (exact) mass is 420 g/mol. The number of hydrogen-bond acceptors (Lipinski definition) is 5. The minimum atomic E-state index is -0.451. The van der Waals surface area contributed by atoms with Crippen molar-refractivity contribution in [2.75, 3.05) is 38.8 Å². The Balaban J connectivity index is 1.30. The largest absolute Gasteiger partial charge is 0.497 e. The predicted octanol–water partition coefficient (Wildman–Crippen LogP) is 3.20. The number of rotatable bonds is 6. The Morgan fingerprint density at radius 2 is 1.84 bits per heavy atom. The summed E-state index contributed by atoms with van der Waals surface area (Å²) in [7, 11) is 3.15. The maximum Gasteiger partial charge on any atom is 0.251 e. The number of carbonyl (C=O) groups is 1. The molecule has 31 heavy (non-hydrogen) atoms. The lowest BCUT2D eigenvalue weighted by Gasteiger charge is -2.31. The molecule has 0 saturated carbocycles. The van der Waals surface area contributed by atoms with Gasteiger partial charge in [0, 0.05) is 42.2 Å². The van der Waals surface area contributed by atoms with Gasteiger partial charge >= 0.3 is 0 Å². The van der Waals surface area contributed by atoms with Crippen LogP contribution in [0.2, 0.25) is 0 Å². The highest BCUT2D eigenvalue weighted by Gasteiger charge is 2.59. The van der Waals surface area contributed by atoms with E-state index in [0.29, 0.717) is 35.4 Å². The summed E-state index contributed by atoms with van der Waals surface area (Å²) in [6.45, 7) is 4.46. The standard InChI is InChI=1S/C25H28N2O4/c1-16-4-6-18(7-5-16)27-13-21-22(14-27)25(9-8-23(21)31-25)15-26-24(28)17-10-19(29-2)12-20(11-17)30-3/h4-12,21-23H,13-15H2,1-3H3,(H,26,28). The van der Waals surface area contributed by atoms with Gasteiger partial charge in [-0.1, -0.05) is 29.8 Å². The van der Waals surface area contributed by atoms with Crippen LogP contribution in [0.15, 0.2) is 54.6 Å². The first-order chi connectivity index (χ1) is 15.0. The zero-order valence-corrected chi connectivity index (χ0v) is 18.1. The average Bonchev–Trinajstić information content (AvgIpc) is 3.49. The minimum Gasteiger partial charge on any atom is -0.497 e. The molecule has 3 aliphatic rings. The fourth-order valence-corrected chi connectivity index (χ4v) is 5.17. The first kappa shape index (κ1) is 19.9. The number of methoxy groups -OCH3 is 2. The van der Waals surface area contributed by atoms with Gasteiger partial charge in [0.2, 0.25) is 0 Å². The molecular weight excluding hydrogens is 392 g/mol. The Morgan fingerprint density at radius 3 is 2.52 bits per heavy atom. The first-order valence-electron chi connectivity index (χ1n) is 10.7. The van der Waals surface area contributed by atoms with Gasteiger partial charge in [-0.2, -0.15) is 0 Å². The van der Waals surface area contributed by atoms with E-state index < -0.39 is 5.60 Å². The third-order valence-corrected chi connectivity index (χ3v) is 6.88. The zero-order chi connectivity index (χ0) is 21.6. The smallest absolute Gasteiger partial charge is 0.251 e. The normalized spacial score (nSPS) is 28.0. The van der Waals surface area contributed by atoms with Crippen LogP contribution in [0.25, 0.3) is 0 Å². The number of amides is 1. The van der Waals surface area contributed by atoms with Crippen LogP contribution < -0.4 is 19.7 Å². The number of ether oxygens (including phenoxy) is 3. The van der Waals surface area contributed by atoms with E-state index in [1.54, 1.807) is 32.4 Å². The molecule has 2 bridgehead atoms. The molecule has 0 radical (unpaired) electrons. The summed E-state index contributed by atoms with van der Waals surface area (Å²) in [5, 5.41) is 3.09. The Kier molecular flexibility index (Phi) is 4.89. The van der Waals surface area contributed by atoms with Crippen molar-refractivity contribution in [3.8, 4) is 11.5 Å². The summed E-state index contributed by atoms with van der Waals surface area (Å²) in [6.07, 6.45) is 4.44. The molecule has 4 atom stereocenters. The number of hydrogen-bond donors (Lipinski definition) is 1. The zero-order valence-electron chi connectivity index (χ0n) is 18.1. The Hall–Kier alpha value is -2.99. The van der Waals surface area contributed by atoms with Crippen LogP contribution in [0, 0.1) is 18.8 Å². The van der Waals surface area contributed by atoms with Crippen LogP contribution in [0.3, 0.4) is 0 Å². The highest BCUT2D eigenvalue weighted by Crippen LogP contribution is 2.51. The second-order valence-electron chi connectivity index (χ2n) is 8.69. The third kappa shape index (κ3) is 3.45. The molecule has 3 heterocycles. The maximum atomic E-state index is 12.9. The van der Waals surface area contributed by atoms with Crippen molar-refractivity contribution in [1.82, 2.24) is 5.32 Å². The molecule has 3 aliphatic heterocycles. The number of benzene rings is 2. The molecule has 4 unspecified atom stereocenters. The van der Waals surface area contributed by atoms with Crippen LogP contribution in [0.4, 0.5) is 5.69 Å². The van der Waals surface area contributed by atoms with Crippen LogP contribution in [-0.4, -0.2) is 51.5 Å². The fourth-order valence-electron chi connectivity index (χ4n) is 5.17. The number of nitrogens with zero attached hydrogens (tertiary/aromatic N) is 1. The van der Waals surface area contributed by atoms with Crippen LogP contribution in [0.5, 0.6) is 11.5 Å². The van der Waals surface area contributed by atoms with E-state index in [1.807, 2.05) is 0 Å². The van der Waals surface area contributed by atoms with Gasteiger partial charge < -0.3 is 24.4 Å². The van der Waals surface area contributed by atoms with Crippen LogP contribution >= 0.6 is 0 Å². The summed E-state index contributed by atoms with van der Waals surface area (Å²) >= 11 is 0. The van der Waals surface area contributed by atoms with E-state index in [1.165, 1.54) is 11.3 Å². The third-order valence-electron chi connectivity index (χ3n) is 6.88. The van der Waals surface area contributed by atoms with Gasteiger partial charge in [-0.3, -0.25) is 4.79 Å². The number of anilines is 1. The van der Waals surface area contributed by atoms with Gasteiger partial charge in [0.15, 0.2) is 0 Å². The van der Waals surface area contributed by atoms with Gasteiger partial charge in [-0.15, -0.1) is 0 Å². The van der Waals surface area contributed by atoms with E-state index >= 15 is 0 Å². The van der Waals surface area contributed by atoms with Crippen molar-refractivity contribution in [3.63, 3.8) is 0 Å². The Bertz CT molecular complexity index is 996. The van der Waals surface area contributed by atoms with Crippen molar-refractivity contribution >= 4 is 11.6 Å². The average molecular weight is 421 g/mol. The van der Waals surface area contributed by atoms with E-state index in [0.717, 1.165) is 13.1 Å². The molecule has 6 heteroatoms. The van der Waals surface area contributed by atoms with Gasteiger partial charge in [-0.25, -0.2) is 0 Å². The second kappa shape index (κ2) is 7.61. The molecule has 0 aromatic heterocycles. The molecule has 162 valence electrons. The van der Waals surface area contributed by atoms with Crippen molar-refractivity contribution in [2.24, 2.45) is 11.8 Å². The highest BCUT2D eigenvalue weighted by atomic mass is 16.5. The van der Waals surface area contributed by atoms with Crippen molar-refractivity contribution in [2.45, 2.75) is 18.6 Å². The summed E-state index contributed by atoms with van der Waals surface area (Å²) in [5.74, 6) is 1.81. The SMILES string of the molecule is COc1cc(OC)cc(C(=O)NCC23C=CC(O2)C2CN(c4ccc(C)cc4)CC23)c1. The summed E-state index contributed by atoms with van der Waals surface area (Å²) < 4.78 is 17.0. The second-order valence-corrected chi connectivity index (χ2v) is 8.69. The lowest BCUT2D eigenvalue weighted by molar-refractivity contribution is 0.0119. The maximum absolute atomic E-state index is 12.9. The molecule has 1 amide bonds. The number of carbonyl (C=O) groups excluding carboxylic acids is 1. The van der Waals surface area contributed by atoms with E-state index in [-0.39, 0.29) is 12.0 Å².